The number of aromatic amines is 1. The van der Waals surface area contributed by atoms with Gasteiger partial charge in [-0.1, -0.05) is 18.2 Å². The van der Waals surface area contributed by atoms with Crippen LogP contribution in [-0.4, -0.2) is 23.0 Å². The van der Waals surface area contributed by atoms with Gasteiger partial charge in [-0.2, -0.15) is 4.98 Å². The number of methoxy groups -OCH3 is 1. The molecule has 0 radical (unpaired) electrons. The van der Waals surface area contributed by atoms with Gasteiger partial charge in [0.25, 0.3) is 5.56 Å². The van der Waals surface area contributed by atoms with Crippen molar-refractivity contribution >= 4 is 17.7 Å². The predicted octanol–water partition coefficient (Wildman–Crippen LogP) is 2.55. The molecule has 1 amide bonds. The number of anilines is 2. The van der Waals surface area contributed by atoms with Crippen LogP contribution in [0.4, 0.5) is 16.2 Å². The Morgan fingerprint density at radius 1 is 1.17 bits per heavy atom. The number of carbonyl (C=O) groups excluding carboxylic acids is 1. The van der Waals surface area contributed by atoms with Crippen molar-refractivity contribution in [1.29, 1.82) is 0 Å². The van der Waals surface area contributed by atoms with Gasteiger partial charge in [-0.15, -0.1) is 0 Å². The Kier molecular flexibility index (Phi) is 5.09. The zero-order valence-corrected chi connectivity index (χ0v) is 16.1. The summed E-state index contributed by atoms with van der Waals surface area (Å²) in [7, 11) is 1.50. The van der Waals surface area contributed by atoms with Crippen LogP contribution < -0.4 is 26.1 Å². The van der Waals surface area contributed by atoms with Gasteiger partial charge in [-0.3, -0.25) is 14.6 Å². The Balaban J connectivity index is 1.64. The number of aromatic nitrogens is 2. The Morgan fingerprint density at radius 2 is 1.93 bits per heavy atom. The predicted molar refractivity (Wildman–Crippen MR) is 108 cm³/mol. The lowest BCUT2D eigenvalue weighted by atomic mass is 9.86. The lowest BCUT2D eigenvalue weighted by molar-refractivity contribution is -0.116. The SMILES string of the molecule is COc1cc([C@@H]2CC(=O)Nc3nc(N)[nH]c(=O)c32)ccc1OCc1ccc(F)cc1. The second kappa shape index (κ2) is 7.86. The van der Waals surface area contributed by atoms with E-state index in [9.17, 15) is 14.0 Å². The minimum Gasteiger partial charge on any atom is -0.493 e. The highest BCUT2D eigenvalue weighted by Gasteiger charge is 2.31. The summed E-state index contributed by atoms with van der Waals surface area (Å²) in [6, 6.07) is 11.2. The number of rotatable bonds is 5. The number of nitrogens with one attached hydrogen (secondary N) is 2. The summed E-state index contributed by atoms with van der Waals surface area (Å²) in [6.45, 7) is 0.230. The van der Waals surface area contributed by atoms with Crippen LogP contribution in [-0.2, 0) is 11.4 Å². The van der Waals surface area contributed by atoms with Crippen molar-refractivity contribution in [2.45, 2.75) is 18.9 Å². The lowest BCUT2D eigenvalue weighted by Crippen LogP contribution is -2.31. The van der Waals surface area contributed by atoms with Crippen molar-refractivity contribution in [2.24, 2.45) is 0 Å². The minimum absolute atomic E-state index is 0.0678. The zero-order valence-electron chi connectivity index (χ0n) is 16.1. The average molecular weight is 410 g/mol. The van der Waals surface area contributed by atoms with Crippen LogP contribution in [0, 0.1) is 5.82 Å². The van der Waals surface area contributed by atoms with E-state index >= 15 is 0 Å². The molecule has 2 aromatic carbocycles. The summed E-state index contributed by atoms with van der Waals surface area (Å²) in [4.78, 5) is 31.1. The van der Waals surface area contributed by atoms with Gasteiger partial charge in [0.2, 0.25) is 11.9 Å². The molecule has 3 aromatic rings. The van der Waals surface area contributed by atoms with Gasteiger partial charge in [0.15, 0.2) is 11.5 Å². The Labute approximate surface area is 170 Å². The van der Waals surface area contributed by atoms with Crippen LogP contribution in [0.3, 0.4) is 0 Å². The number of amides is 1. The number of nitrogens with zero attached hydrogens (tertiary/aromatic N) is 1. The Morgan fingerprint density at radius 3 is 2.67 bits per heavy atom. The number of halogens is 1. The number of ether oxygens (including phenoxy) is 2. The van der Waals surface area contributed by atoms with E-state index in [1.807, 2.05) is 0 Å². The molecule has 0 spiro atoms. The summed E-state index contributed by atoms with van der Waals surface area (Å²) in [5.41, 5.74) is 7.03. The number of H-pyrrole nitrogens is 1. The van der Waals surface area contributed by atoms with Crippen molar-refractivity contribution in [3.63, 3.8) is 0 Å². The Hall–Kier alpha value is -3.88. The third kappa shape index (κ3) is 3.82. The molecule has 9 heteroatoms. The third-order valence-corrected chi connectivity index (χ3v) is 4.87. The van der Waals surface area contributed by atoms with Crippen molar-refractivity contribution in [3.8, 4) is 11.5 Å². The largest absolute Gasteiger partial charge is 0.493 e. The van der Waals surface area contributed by atoms with Crippen LogP contribution in [0.25, 0.3) is 0 Å². The van der Waals surface area contributed by atoms with Crippen molar-refractivity contribution in [1.82, 2.24) is 9.97 Å². The van der Waals surface area contributed by atoms with E-state index in [-0.39, 0.29) is 36.5 Å². The summed E-state index contributed by atoms with van der Waals surface area (Å²) in [5.74, 6) is -0.0673. The second-order valence-electron chi connectivity index (χ2n) is 6.84. The van der Waals surface area contributed by atoms with E-state index in [4.69, 9.17) is 15.2 Å². The van der Waals surface area contributed by atoms with Crippen LogP contribution in [0.15, 0.2) is 47.3 Å². The number of carbonyl (C=O) groups is 1. The van der Waals surface area contributed by atoms with Crippen molar-refractivity contribution in [3.05, 3.63) is 75.3 Å². The lowest BCUT2D eigenvalue weighted by Gasteiger charge is -2.25. The normalized spacial score (nSPS) is 15.3. The van der Waals surface area contributed by atoms with E-state index < -0.39 is 11.5 Å². The molecular weight excluding hydrogens is 391 g/mol. The molecule has 0 unspecified atom stereocenters. The van der Waals surface area contributed by atoms with Crippen LogP contribution >= 0.6 is 0 Å². The molecule has 0 fully saturated rings. The smallest absolute Gasteiger partial charge is 0.258 e. The van der Waals surface area contributed by atoms with Crippen molar-refractivity contribution < 1.29 is 18.7 Å². The highest BCUT2D eigenvalue weighted by atomic mass is 19.1. The maximum atomic E-state index is 13.0. The van der Waals surface area contributed by atoms with Gasteiger partial charge in [0.05, 0.1) is 12.7 Å². The Bertz CT molecular complexity index is 1160. The highest BCUT2D eigenvalue weighted by molar-refractivity contribution is 5.94. The molecule has 4 rings (SSSR count). The molecule has 4 N–H and O–H groups in total. The fourth-order valence-corrected chi connectivity index (χ4v) is 3.44. The number of benzene rings is 2. The van der Waals surface area contributed by atoms with Gasteiger partial charge in [0.1, 0.15) is 18.2 Å². The first-order valence-corrected chi connectivity index (χ1v) is 9.19. The first-order chi connectivity index (χ1) is 14.4. The topological polar surface area (TPSA) is 119 Å². The summed E-state index contributed by atoms with van der Waals surface area (Å²) in [6.07, 6.45) is 0.0839. The molecule has 30 heavy (non-hydrogen) atoms. The van der Waals surface area contributed by atoms with E-state index in [1.54, 1.807) is 30.3 Å². The molecule has 0 saturated heterocycles. The molecule has 1 aliphatic rings. The van der Waals surface area contributed by atoms with Gasteiger partial charge in [-0.05, 0) is 35.4 Å². The quantitative estimate of drug-likeness (QED) is 0.595. The third-order valence-electron chi connectivity index (χ3n) is 4.87. The minimum atomic E-state index is -0.509. The average Bonchev–Trinajstić information content (AvgIpc) is 2.72. The summed E-state index contributed by atoms with van der Waals surface area (Å²) >= 11 is 0. The first kappa shape index (κ1) is 19.4. The van der Waals surface area contributed by atoms with E-state index in [2.05, 4.69) is 15.3 Å². The van der Waals surface area contributed by atoms with E-state index in [0.29, 0.717) is 22.6 Å². The second-order valence-corrected chi connectivity index (χ2v) is 6.84. The molecule has 1 aromatic heterocycles. The molecular formula is C21H19FN4O4. The number of nitrogen functional groups attached to an aromatic ring is 1. The number of nitrogens with two attached hydrogens (primary N) is 1. The number of hydrogen-bond acceptors (Lipinski definition) is 6. The maximum Gasteiger partial charge on any atom is 0.258 e. The van der Waals surface area contributed by atoms with Crippen LogP contribution in [0.2, 0.25) is 0 Å². The maximum absolute atomic E-state index is 13.0. The first-order valence-electron chi connectivity index (χ1n) is 9.19. The fourth-order valence-electron chi connectivity index (χ4n) is 3.44. The van der Waals surface area contributed by atoms with E-state index in [1.165, 1.54) is 19.2 Å². The number of hydrogen-bond donors (Lipinski definition) is 3. The van der Waals surface area contributed by atoms with E-state index in [0.717, 1.165) is 5.56 Å². The molecule has 0 saturated carbocycles. The van der Waals surface area contributed by atoms with Crippen LogP contribution in [0.1, 0.15) is 29.0 Å². The molecule has 1 atom stereocenters. The van der Waals surface area contributed by atoms with Gasteiger partial charge >= 0.3 is 0 Å². The summed E-state index contributed by atoms with van der Waals surface area (Å²) < 4.78 is 24.3. The van der Waals surface area contributed by atoms with Gasteiger partial charge in [0, 0.05) is 12.3 Å². The summed E-state index contributed by atoms with van der Waals surface area (Å²) in [5, 5.41) is 2.59. The number of fused-ring (bicyclic) bond motifs is 1. The zero-order chi connectivity index (χ0) is 21.3. The molecule has 0 bridgehead atoms. The van der Waals surface area contributed by atoms with Crippen molar-refractivity contribution in [2.75, 3.05) is 18.2 Å². The molecule has 0 aliphatic carbocycles. The van der Waals surface area contributed by atoms with Gasteiger partial charge < -0.3 is 20.5 Å². The molecule has 1 aliphatic heterocycles. The van der Waals surface area contributed by atoms with Gasteiger partial charge in [-0.25, -0.2) is 4.39 Å². The highest BCUT2D eigenvalue weighted by Crippen LogP contribution is 2.38. The molecule has 8 nitrogen and oxygen atoms in total. The standard InChI is InChI=1S/C21H19FN4O4/c1-29-16-8-12(4-7-15(16)30-10-11-2-5-13(22)6-3-11)14-9-17(27)24-19-18(14)20(28)26-21(23)25-19/h2-8,14H,9-10H2,1H3,(H4,23,24,25,26,27,28)/t14-/m0/s1. The monoisotopic (exact) mass is 410 g/mol. The fraction of sp³-hybridized carbons (Fsp3) is 0.190. The van der Waals surface area contributed by atoms with Crippen LogP contribution in [0.5, 0.6) is 11.5 Å². The molecule has 154 valence electrons. The molecule has 2 heterocycles.